The zero-order valence-electron chi connectivity index (χ0n) is 13.5. The largest absolute Gasteiger partial charge is 0.360 e. The molecule has 2 aliphatic carbocycles. The number of nitrogens with zero attached hydrogens (tertiary/aromatic N) is 1. The van der Waals surface area contributed by atoms with Gasteiger partial charge in [0.2, 0.25) is 0 Å². The van der Waals surface area contributed by atoms with Gasteiger partial charge >= 0.3 is 0 Å². The minimum atomic E-state index is -0.0918. The summed E-state index contributed by atoms with van der Waals surface area (Å²) in [6.07, 6.45) is 6.08. The van der Waals surface area contributed by atoms with Crippen molar-refractivity contribution < 1.29 is 9.32 Å². The maximum atomic E-state index is 12.7. The van der Waals surface area contributed by atoms with Crippen LogP contribution in [0.15, 0.2) is 28.8 Å². The number of nitrogens with one attached hydrogen (secondary N) is 1. The molecule has 2 aromatic rings. The zero-order valence-corrected chi connectivity index (χ0v) is 13.5. The average Bonchev–Trinajstić information content (AvgIpc) is 2.98. The van der Waals surface area contributed by atoms with E-state index in [0.717, 1.165) is 49.8 Å². The standard InChI is InChI=1S/C19H22N2O2/c1-12-9-10-17-15(11-12)18(21-23-17)19(22)20-16-8-4-6-13-5-2-3-7-14(13)16/h2-3,5,7,12,16H,4,6,8-11H2,1H3,(H,20,22)/t12-,16+/m1/s1. The summed E-state index contributed by atoms with van der Waals surface area (Å²) in [5.74, 6) is 1.40. The molecule has 1 heterocycles. The molecule has 1 aromatic heterocycles. The molecule has 0 fully saturated rings. The normalized spacial score (nSPS) is 23.0. The van der Waals surface area contributed by atoms with E-state index in [4.69, 9.17) is 4.52 Å². The van der Waals surface area contributed by atoms with Gasteiger partial charge in [-0.1, -0.05) is 36.3 Å². The molecule has 120 valence electrons. The molecule has 0 unspecified atom stereocenters. The lowest BCUT2D eigenvalue weighted by molar-refractivity contribution is 0.0922. The monoisotopic (exact) mass is 310 g/mol. The fraction of sp³-hybridized carbons (Fsp3) is 0.474. The number of hydrogen-bond donors (Lipinski definition) is 1. The van der Waals surface area contributed by atoms with E-state index in [0.29, 0.717) is 11.6 Å². The Morgan fingerprint density at radius 3 is 3.04 bits per heavy atom. The van der Waals surface area contributed by atoms with Crippen molar-refractivity contribution in [3.8, 4) is 0 Å². The molecular formula is C19H22N2O2. The molecule has 1 N–H and O–H groups in total. The molecule has 2 atom stereocenters. The lowest BCUT2D eigenvalue weighted by atomic mass is 9.86. The van der Waals surface area contributed by atoms with Gasteiger partial charge in [-0.3, -0.25) is 4.79 Å². The van der Waals surface area contributed by atoms with Crippen LogP contribution in [0.1, 0.15) is 65.2 Å². The molecule has 2 aliphatic rings. The van der Waals surface area contributed by atoms with Crippen molar-refractivity contribution in [3.05, 3.63) is 52.4 Å². The summed E-state index contributed by atoms with van der Waals surface area (Å²) >= 11 is 0. The first-order chi connectivity index (χ1) is 11.2. The van der Waals surface area contributed by atoms with E-state index in [9.17, 15) is 4.79 Å². The summed E-state index contributed by atoms with van der Waals surface area (Å²) in [6, 6.07) is 8.48. The molecule has 0 spiro atoms. The number of amides is 1. The predicted octanol–water partition coefficient (Wildman–Crippen LogP) is 3.61. The zero-order chi connectivity index (χ0) is 15.8. The number of hydrogen-bond acceptors (Lipinski definition) is 3. The van der Waals surface area contributed by atoms with Crippen LogP contribution in [0.2, 0.25) is 0 Å². The molecule has 0 radical (unpaired) electrons. The predicted molar refractivity (Wildman–Crippen MR) is 87.3 cm³/mol. The van der Waals surface area contributed by atoms with E-state index in [1.807, 2.05) is 6.07 Å². The van der Waals surface area contributed by atoms with E-state index in [1.54, 1.807) is 0 Å². The first-order valence-electron chi connectivity index (χ1n) is 8.58. The molecule has 0 aliphatic heterocycles. The minimum absolute atomic E-state index is 0.0841. The van der Waals surface area contributed by atoms with Crippen molar-refractivity contribution in [2.75, 3.05) is 0 Å². The maximum absolute atomic E-state index is 12.7. The van der Waals surface area contributed by atoms with Gasteiger partial charge in [0.1, 0.15) is 5.76 Å². The Labute approximate surface area is 136 Å². The topological polar surface area (TPSA) is 55.1 Å². The number of benzene rings is 1. The Morgan fingerprint density at radius 1 is 1.26 bits per heavy atom. The average molecular weight is 310 g/mol. The molecule has 0 bridgehead atoms. The molecule has 4 nitrogen and oxygen atoms in total. The van der Waals surface area contributed by atoms with Crippen LogP contribution in [0.4, 0.5) is 0 Å². The lowest BCUT2D eigenvalue weighted by Crippen LogP contribution is -2.32. The van der Waals surface area contributed by atoms with Crippen molar-refractivity contribution in [2.24, 2.45) is 5.92 Å². The second kappa shape index (κ2) is 5.84. The number of fused-ring (bicyclic) bond motifs is 2. The van der Waals surface area contributed by atoms with Gasteiger partial charge in [0, 0.05) is 12.0 Å². The third-order valence-corrected chi connectivity index (χ3v) is 5.18. The molecule has 1 amide bonds. The van der Waals surface area contributed by atoms with Crippen LogP contribution in [0.25, 0.3) is 0 Å². The Hall–Kier alpha value is -2.10. The van der Waals surface area contributed by atoms with Crippen LogP contribution in [0.3, 0.4) is 0 Å². The molecule has 4 rings (SSSR count). The van der Waals surface area contributed by atoms with Crippen molar-refractivity contribution >= 4 is 5.91 Å². The van der Waals surface area contributed by atoms with Crippen LogP contribution in [-0.2, 0) is 19.3 Å². The maximum Gasteiger partial charge on any atom is 0.274 e. The number of aromatic nitrogens is 1. The van der Waals surface area contributed by atoms with E-state index >= 15 is 0 Å². The highest BCUT2D eigenvalue weighted by atomic mass is 16.5. The van der Waals surface area contributed by atoms with Crippen LogP contribution in [0.5, 0.6) is 0 Å². The minimum Gasteiger partial charge on any atom is -0.360 e. The quantitative estimate of drug-likeness (QED) is 0.922. The van der Waals surface area contributed by atoms with Crippen LogP contribution in [-0.4, -0.2) is 11.1 Å². The third kappa shape index (κ3) is 2.67. The van der Waals surface area contributed by atoms with E-state index in [2.05, 4.69) is 35.6 Å². The van der Waals surface area contributed by atoms with Crippen LogP contribution >= 0.6 is 0 Å². The molecule has 0 saturated carbocycles. The summed E-state index contributed by atoms with van der Waals surface area (Å²) in [6.45, 7) is 2.22. The smallest absolute Gasteiger partial charge is 0.274 e. The highest BCUT2D eigenvalue weighted by Gasteiger charge is 2.29. The molecular weight excluding hydrogens is 288 g/mol. The SMILES string of the molecule is C[C@@H]1CCc2onc(C(=O)N[C@H]3CCCc4ccccc43)c2C1. The van der Waals surface area contributed by atoms with Gasteiger partial charge in [0.05, 0.1) is 6.04 Å². The second-order valence-corrected chi connectivity index (χ2v) is 6.90. The van der Waals surface area contributed by atoms with Crippen LogP contribution < -0.4 is 5.32 Å². The summed E-state index contributed by atoms with van der Waals surface area (Å²) in [4.78, 5) is 12.7. The third-order valence-electron chi connectivity index (χ3n) is 5.18. The Morgan fingerprint density at radius 2 is 2.13 bits per heavy atom. The Kier molecular flexibility index (Phi) is 3.68. The Bertz CT molecular complexity index is 735. The highest BCUT2D eigenvalue weighted by Crippen LogP contribution is 2.31. The summed E-state index contributed by atoms with van der Waals surface area (Å²) in [5.41, 5.74) is 4.11. The molecule has 1 aromatic carbocycles. The highest BCUT2D eigenvalue weighted by molar-refractivity contribution is 5.94. The van der Waals surface area contributed by atoms with E-state index in [1.165, 1.54) is 11.1 Å². The van der Waals surface area contributed by atoms with Gasteiger partial charge in [-0.2, -0.15) is 0 Å². The fourth-order valence-electron chi connectivity index (χ4n) is 3.89. The number of carbonyl (C=O) groups excluding carboxylic acids is 1. The van der Waals surface area contributed by atoms with Gasteiger partial charge in [0.25, 0.3) is 5.91 Å². The molecule has 4 heteroatoms. The van der Waals surface area contributed by atoms with E-state index < -0.39 is 0 Å². The van der Waals surface area contributed by atoms with Crippen molar-refractivity contribution in [2.45, 2.75) is 51.5 Å². The van der Waals surface area contributed by atoms with Gasteiger partial charge in [-0.25, -0.2) is 0 Å². The van der Waals surface area contributed by atoms with Gasteiger partial charge in [0.15, 0.2) is 5.69 Å². The lowest BCUT2D eigenvalue weighted by Gasteiger charge is -2.26. The van der Waals surface area contributed by atoms with Crippen LogP contribution in [0, 0.1) is 5.92 Å². The van der Waals surface area contributed by atoms with Crippen molar-refractivity contribution in [1.29, 1.82) is 0 Å². The van der Waals surface area contributed by atoms with Crippen molar-refractivity contribution in [1.82, 2.24) is 10.5 Å². The van der Waals surface area contributed by atoms with E-state index in [-0.39, 0.29) is 11.9 Å². The summed E-state index contributed by atoms with van der Waals surface area (Å²) in [7, 11) is 0. The Balaban J connectivity index is 1.57. The number of rotatable bonds is 2. The first kappa shape index (κ1) is 14.5. The number of carbonyl (C=O) groups is 1. The van der Waals surface area contributed by atoms with Gasteiger partial charge < -0.3 is 9.84 Å². The number of aryl methyl sites for hydroxylation is 2. The fourth-order valence-corrected chi connectivity index (χ4v) is 3.89. The van der Waals surface area contributed by atoms with Gasteiger partial charge in [-0.15, -0.1) is 0 Å². The van der Waals surface area contributed by atoms with Gasteiger partial charge in [-0.05, 0) is 49.1 Å². The molecule has 0 saturated heterocycles. The second-order valence-electron chi connectivity index (χ2n) is 6.90. The summed E-state index contributed by atoms with van der Waals surface area (Å²) in [5, 5.41) is 7.25. The summed E-state index contributed by atoms with van der Waals surface area (Å²) < 4.78 is 5.40. The van der Waals surface area contributed by atoms with Crippen molar-refractivity contribution in [3.63, 3.8) is 0 Å². The first-order valence-corrected chi connectivity index (χ1v) is 8.58. The molecule has 23 heavy (non-hydrogen) atoms.